The molecule has 0 aliphatic rings. The third-order valence-corrected chi connectivity index (χ3v) is 2.76. The van der Waals surface area contributed by atoms with Crippen molar-refractivity contribution in [1.82, 2.24) is 4.98 Å². The molecule has 0 aromatic heterocycles. The second-order valence-corrected chi connectivity index (χ2v) is 8.59. The van der Waals surface area contributed by atoms with E-state index in [1.165, 1.54) is 0 Å². The smallest absolute Gasteiger partial charge is 0.117 e. The standard InChI is InChI=1S/C6H16ClNSi/c1-5-6(7)8-9(2,3)4/h6,8H,5H2,1-4H3. The molecule has 0 aliphatic heterocycles. The van der Waals surface area contributed by atoms with Gasteiger partial charge in [0.25, 0.3) is 0 Å². The van der Waals surface area contributed by atoms with E-state index in [0.717, 1.165) is 6.42 Å². The molecule has 0 radical (unpaired) electrons. The number of hydrogen-bond acceptors (Lipinski definition) is 1. The lowest BCUT2D eigenvalue weighted by molar-refractivity contribution is 0.771. The van der Waals surface area contributed by atoms with Crippen LogP contribution in [0.1, 0.15) is 13.3 Å². The number of rotatable bonds is 3. The fraction of sp³-hybridized carbons (Fsp3) is 1.00. The van der Waals surface area contributed by atoms with Gasteiger partial charge < -0.3 is 4.98 Å². The minimum atomic E-state index is -1.12. The lowest BCUT2D eigenvalue weighted by atomic mass is 10.5. The quantitative estimate of drug-likeness (QED) is 0.385. The largest absolute Gasteiger partial charge is 0.322 e. The van der Waals surface area contributed by atoms with Gasteiger partial charge in [-0.25, -0.2) is 0 Å². The first-order chi connectivity index (χ1) is 3.95. The van der Waals surface area contributed by atoms with Crippen LogP contribution in [0.5, 0.6) is 0 Å². The lowest BCUT2D eigenvalue weighted by Crippen LogP contribution is -2.45. The van der Waals surface area contributed by atoms with Crippen molar-refractivity contribution in [3.05, 3.63) is 0 Å². The van der Waals surface area contributed by atoms with E-state index in [0.29, 0.717) is 0 Å². The van der Waals surface area contributed by atoms with E-state index >= 15 is 0 Å². The zero-order valence-corrected chi connectivity index (χ0v) is 8.42. The average molecular weight is 166 g/mol. The van der Waals surface area contributed by atoms with E-state index < -0.39 is 8.24 Å². The summed E-state index contributed by atoms with van der Waals surface area (Å²) in [6, 6.07) is 0. The van der Waals surface area contributed by atoms with E-state index in [4.69, 9.17) is 11.6 Å². The van der Waals surface area contributed by atoms with Gasteiger partial charge in [-0.15, -0.1) is 11.6 Å². The number of hydrogen-bond donors (Lipinski definition) is 1. The summed E-state index contributed by atoms with van der Waals surface area (Å²) >= 11 is 5.87. The monoisotopic (exact) mass is 165 g/mol. The zero-order chi connectivity index (χ0) is 7.49. The molecule has 0 rings (SSSR count). The van der Waals surface area contributed by atoms with Crippen LogP contribution >= 0.6 is 11.6 Å². The molecule has 0 fully saturated rings. The minimum absolute atomic E-state index is 0.177. The van der Waals surface area contributed by atoms with E-state index in [1.54, 1.807) is 0 Å². The maximum atomic E-state index is 5.87. The van der Waals surface area contributed by atoms with Crippen LogP contribution < -0.4 is 4.98 Å². The molecular weight excluding hydrogens is 150 g/mol. The molecule has 9 heavy (non-hydrogen) atoms. The van der Waals surface area contributed by atoms with Gasteiger partial charge >= 0.3 is 0 Å². The molecule has 0 saturated heterocycles. The third kappa shape index (κ3) is 6.35. The van der Waals surface area contributed by atoms with Crippen LogP contribution in [-0.2, 0) is 0 Å². The Labute approximate surface area is 63.9 Å². The molecular formula is C6H16ClNSi. The predicted molar refractivity (Wildman–Crippen MR) is 46.4 cm³/mol. The number of alkyl halides is 1. The van der Waals surface area contributed by atoms with E-state index in [1.807, 2.05) is 0 Å². The van der Waals surface area contributed by atoms with Crippen LogP contribution in [0.4, 0.5) is 0 Å². The van der Waals surface area contributed by atoms with E-state index in [-0.39, 0.29) is 5.50 Å². The van der Waals surface area contributed by atoms with E-state index in [9.17, 15) is 0 Å². The Morgan fingerprint density at radius 2 is 1.89 bits per heavy atom. The van der Waals surface area contributed by atoms with Crippen molar-refractivity contribution in [2.24, 2.45) is 0 Å². The Balaban J connectivity index is 3.47. The molecule has 1 nitrogen and oxygen atoms in total. The number of halogens is 1. The van der Waals surface area contributed by atoms with Crippen LogP contribution in [0.3, 0.4) is 0 Å². The Morgan fingerprint density at radius 1 is 1.44 bits per heavy atom. The maximum Gasteiger partial charge on any atom is 0.117 e. The summed E-state index contributed by atoms with van der Waals surface area (Å²) in [6.07, 6.45) is 1.01. The third-order valence-electron chi connectivity index (χ3n) is 0.948. The molecule has 1 atom stereocenters. The van der Waals surface area contributed by atoms with Crippen LogP contribution in [0.15, 0.2) is 0 Å². The summed E-state index contributed by atoms with van der Waals surface area (Å²) in [5.74, 6) is 0. The van der Waals surface area contributed by atoms with Gasteiger partial charge in [-0.1, -0.05) is 26.6 Å². The molecule has 0 saturated carbocycles. The van der Waals surface area contributed by atoms with Crippen molar-refractivity contribution in [2.45, 2.75) is 38.5 Å². The first-order valence-electron chi connectivity index (χ1n) is 3.37. The minimum Gasteiger partial charge on any atom is -0.322 e. The fourth-order valence-corrected chi connectivity index (χ4v) is 2.70. The molecule has 0 amide bonds. The molecule has 0 heterocycles. The maximum absolute atomic E-state index is 5.87. The second kappa shape index (κ2) is 3.59. The molecule has 0 bridgehead atoms. The molecule has 0 aromatic rings. The topological polar surface area (TPSA) is 12.0 Å². The van der Waals surface area contributed by atoms with Crippen molar-refractivity contribution in [2.75, 3.05) is 0 Å². The fourth-order valence-electron chi connectivity index (χ4n) is 0.572. The van der Waals surface area contributed by atoms with Crippen LogP contribution in [-0.4, -0.2) is 13.7 Å². The summed E-state index contributed by atoms with van der Waals surface area (Å²) in [5, 5.41) is 0. The summed E-state index contributed by atoms with van der Waals surface area (Å²) in [5.41, 5.74) is 0.177. The molecule has 0 aromatic carbocycles. The van der Waals surface area contributed by atoms with Crippen molar-refractivity contribution in [1.29, 1.82) is 0 Å². The van der Waals surface area contributed by atoms with Crippen LogP contribution in [0, 0.1) is 0 Å². The normalized spacial score (nSPS) is 15.7. The van der Waals surface area contributed by atoms with Gasteiger partial charge in [0.1, 0.15) is 8.24 Å². The highest BCUT2D eigenvalue weighted by Gasteiger charge is 2.15. The summed E-state index contributed by atoms with van der Waals surface area (Å²) in [7, 11) is -1.12. The highest BCUT2D eigenvalue weighted by atomic mass is 35.5. The van der Waals surface area contributed by atoms with Crippen LogP contribution in [0.25, 0.3) is 0 Å². The van der Waals surface area contributed by atoms with Crippen molar-refractivity contribution in [3.8, 4) is 0 Å². The summed E-state index contributed by atoms with van der Waals surface area (Å²) in [4.78, 5) is 3.37. The number of nitrogens with one attached hydrogen (secondary N) is 1. The highest BCUT2D eigenvalue weighted by molar-refractivity contribution is 6.74. The SMILES string of the molecule is CCC(Cl)N[Si](C)(C)C. The summed E-state index contributed by atoms with van der Waals surface area (Å²) in [6.45, 7) is 8.83. The Bertz CT molecular complexity index is 79.6. The van der Waals surface area contributed by atoms with Gasteiger partial charge in [0.05, 0.1) is 5.50 Å². The molecule has 0 spiro atoms. The lowest BCUT2D eigenvalue weighted by Gasteiger charge is -2.21. The van der Waals surface area contributed by atoms with Crippen LogP contribution in [0.2, 0.25) is 19.6 Å². The summed E-state index contributed by atoms with van der Waals surface area (Å²) < 4.78 is 0. The molecule has 1 unspecified atom stereocenters. The van der Waals surface area contributed by atoms with Crippen molar-refractivity contribution < 1.29 is 0 Å². The van der Waals surface area contributed by atoms with Gasteiger partial charge in [-0.2, -0.15) is 0 Å². The predicted octanol–water partition coefficient (Wildman–Crippen LogP) is 2.39. The Hall–Kier alpha value is 0.467. The highest BCUT2D eigenvalue weighted by Crippen LogP contribution is 2.02. The first kappa shape index (κ1) is 9.47. The first-order valence-corrected chi connectivity index (χ1v) is 7.31. The molecule has 3 heteroatoms. The second-order valence-electron chi connectivity index (χ2n) is 3.27. The van der Waals surface area contributed by atoms with Gasteiger partial charge in [-0.05, 0) is 6.42 Å². The van der Waals surface area contributed by atoms with Crippen molar-refractivity contribution in [3.63, 3.8) is 0 Å². The van der Waals surface area contributed by atoms with Gasteiger partial charge in [-0.3, -0.25) is 0 Å². The van der Waals surface area contributed by atoms with Gasteiger partial charge in [0.2, 0.25) is 0 Å². The van der Waals surface area contributed by atoms with E-state index in [2.05, 4.69) is 31.5 Å². The van der Waals surface area contributed by atoms with Gasteiger partial charge in [0, 0.05) is 0 Å². The van der Waals surface area contributed by atoms with Crippen molar-refractivity contribution >= 4 is 19.8 Å². The van der Waals surface area contributed by atoms with Gasteiger partial charge in [0.15, 0.2) is 0 Å². The molecule has 0 aliphatic carbocycles. The molecule has 1 N–H and O–H groups in total. The zero-order valence-electron chi connectivity index (χ0n) is 6.66. The average Bonchev–Trinajstić information content (AvgIpc) is 1.62. The molecule has 56 valence electrons. The Morgan fingerprint density at radius 3 is 2.00 bits per heavy atom. The Kier molecular flexibility index (Phi) is 3.78.